The van der Waals surface area contributed by atoms with Crippen molar-refractivity contribution in [1.29, 1.82) is 0 Å². The van der Waals surface area contributed by atoms with E-state index in [1.54, 1.807) is 0 Å². The van der Waals surface area contributed by atoms with Gasteiger partial charge in [-0.15, -0.1) is 0 Å². The molecule has 0 bridgehead atoms. The summed E-state index contributed by atoms with van der Waals surface area (Å²) in [6, 6.07) is 159. The maximum Gasteiger partial charge on any atom is 0.252 e. The van der Waals surface area contributed by atoms with Gasteiger partial charge < -0.3 is 19.3 Å². The highest BCUT2D eigenvalue weighted by atomic mass is 28.3. The molecular weight excluding hydrogens is 1540 g/mol. The minimum absolute atomic E-state index is 0.0689. The van der Waals surface area contributed by atoms with Gasteiger partial charge in [0.15, 0.2) is 8.07 Å². The first-order valence-corrected chi connectivity index (χ1v) is 46.9. The molecule has 0 atom stereocenters. The van der Waals surface area contributed by atoms with Gasteiger partial charge in [-0.3, -0.25) is 0 Å². The molecule has 21 rings (SSSR count). The molecule has 126 heavy (non-hydrogen) atoms. The summed E-state index contributed by atoms with van der Waals surface area (Å²) >= 11 is 0. The largest absolute Gasteiger partial charge is 0.311 e. The topological polar surface area (TPSA) is 14.7 Å². The smallest absolute Gasteiger partial charge is 0.252 e. The van der Waals surface area contributed by atoms with E-state index in [0.717, 1.165) is 62.4 Å². The number of anilines is 9. The molecule has 3 heterocycles. The normalized spacial score (nSPS) is 13.3. The Hall–Kier alpha value is -13.8. The molecule has 2 aliphatic heterocycles. The van der Waals surface area contributed by atoms with E-state index in [2.05, 4.69) is 515 Å². The lowest BCUT2D eigenvalue weighted by Crippen LogP contribution is -2.74. The Kier molecular flexibility index (Phi) is 19.3. The first-order valence-electron chi connectivity index (χ1n) is 44.9. The van der Waals surface area contributed by atoms with Crippen LogP contribution in [0.4, 0.5) is 51.2 Å². The van der Waals surface area contributed by atoms with Crippen molar-refractivity contribution < 1.29 is 0 Å². The van der Waals surface area contributed by atoms with E-state index in [0.29, 0.717) is 0 Å². The molecule has 612 valence electrons. The zero-order valence-corrected chi connectivity index (χ0v) is 75.2. The van der Waals surface area contributed by atoms with Gasteiger partial charge in [0, 0.05) is 67.9 Å². The Morgan fingerprint density at radius 2 is 0.627 bits per heavy atom. The van der Waals surface area contributed by atoms with Crippen molar-refractivity contribution in [2.45, 2.75) is 116 Å². The Labute approximate surface area is 745 Å². The van der Waals surface area contributed by atoms with Gasteiger partial charge in [0.25, 0.3) is 6.71 Å². The number of aromatic nitrogens is 1. The predicted octanol–water partition coefficient (Wildman–Crippen LogP) is 26.4. The quantitative estimate of drug-likeness (QED) is 0.0751. The lowest BCUT2D eigenvalue weighted by molar-refractivity contribution is 0.589. The lowest BCUT2D eigenvalue weighted by atomic mass is 9.33. The minimum Gasteiger partial charge on any atom is -0.311 e. The van der Waals surface area contributed by atoms with Crippen molar-refractivity contribution in [3.05, 3.63) is 474 Å². The van der Waals surface area contributed by atoms with Crippen LogP contribution in [0.2, 0.25) is 0 Å². The van der Waals surface area contributed by atoms with E-state index in [1.165, 1.54) is 126 Å². The second-order valence-corrected chi connectivity index (χ2v) is 43.0. The molecule has 0 spiro atoms. The van der Waals surface area contributed by atoms with Gasteiger partial charge >= 0.3 is 0 Å². The SMILES string of the molecule is CC(C)(C)c1ccc2c(c1)-c1cc(C(C)(C)C)ccc1C2c1ccc2c(c1)N(c1cccc(C(c3ccccc3)(c3ccccc3)c3ccccc3)c1)c1cc(N(c3ccccc3)c3ccccc3)cc3c1B2c1ccc(-n2c4ccc(C(C)(C)C)cc4c4cc(C(C)(C)C)ccc42)cc1N3c1cccc([Si](c2ccccc2)(c2ccccc2)c2ccccc2)c1. The van der Waals surface area contributed by atoms with Gasteiger partial charge in [0.1, 0.15) is 0 Å². The highest BCUT2D eigenvalue weighted by molar-refractivity contribution is 7.20. The van der Waals surface area contributed by atoms with Gasteiger partial charge in [-0.05, 0) is 234 Å². The molecule has 0 saturated carbocycles. The van der Waals surface area contributed by atoms with Crippen LogP contribution in [0, 0.1) is 0 Å². The molecular formula is C120H105BN4Si. The number of benzene rings is 17. The van der Waals surface area contributed by atoms with Gasteiger partial charge in [-0.1, -0.05) is 392 Å². The molecule has 0 radical (unpaired) electrons. The molecule has 1 aliphatic carbocycles. The highest BCUT2D eigenvalue weighted by Gasteiger charge is 2.48. The van der Waals surface area contributed by atoms with E-state index in [-0.39, 0.29) is 34.3 Å². The summed E-state index contributed by atoms with van der Waals surface area (Å²) < 4.78 is 2.57. The van der Waals surface area contributed by atoms with E-state index in [9.17, 15) is 0 Å². The molecule has 0 amide bonds. The van der Waals surface area contributed by atoms with Crippen LogP contribution in [0.1, 0.15) is 150 Å². The Morgan fingerprint density at radius 3 is 1.06 bits per heavy atom. The van der Waals surface area contributed by atoms with E-state index in [4.69, 9.17) is 0 Å². The van der Waals surface area contributed by atoms with Crippen LogP contribution in [0.5, 0.6) is 0 Å². The molecule has 0 saturated heterocycles. The summed E-state index contributed by atoms with van der Waals surface area (Å²) in [7, 11) is -3.20. The van der Waals surface area contributed by atoms with Gasteiger partial charge in [-0.25, -0.2) is 0 Å². The van der Waals surface area contributed by atoms with Crippen LogP contribution in [0.3, 0.4) is 0 Å². The third-order valence-corrected chi connectivity index (χ3v) is 32.3. The van der Waals surface area contributed by atoms with E-state index >= 15 is 0 Å². The second-order valence-electron chi connectivity index (χ2n) is 39.2. The predicted molar refractivity (Wildman–Crippen MR) is 539 cm³/mol. The fraction of sp³-hybridized carbons (Fsp3) is 0.150. The first kappa shape index (κ1) is 79.4. The van der Waals surface area contributed by atoms with E-state index in [1.807, 2.05) is 0 Å². The average Bonchev–Trinajstić information content (AvgIpc) is 0.717. The molecule has 3 aliphatic rings. The third kappa shape index (κ3) is 13.1. The summed E-state index contributed by atoms with van der Waals surface area (Å²) in [5, 5.41) is 7.73. The van der Waals surface area contributed by atoms with Gasteiger partial charge in [0.05, 0.1) is 22.1 Å². The summed E-state index contributed by atoms with van der Waals surface area (Å²) in [5.41, 5.74) is 32.2. The maximum absolute atomic E-state index is 3.20. The van der Waals surface area contributed by atoms with Crippen LogP contribution in [0.25, 0.3) is 38.6 Å². The van der Waals surface area contributed by atoms with Crippen LogP contribution >= 0.6 is 0 Å². The number of nitrogens with zero attached hydrogens (tertiary/aromatic N) is 4. The molecule has 0 N–H and O–H groups in total. The zero-order valence-electron chi connectivity index (χ0n) is 74.2. The number of para-hydroxylation sites is 2. The molecule has 1 aromatic heterocycles. The second kappa shape index (κ2) is 30.6. The average molecular weight is 1640 g/mol. The summed E-state index contributed by atoms with van der Waals surface area (Å²) in [4.78, 5) is 7.89. The zero-order chi connectivity index (χ0) is 86.2. The fourth-order valence-electron chi connectivity index (χ4n) is 21.2. The third-order valence-electron chi connectivity index (χ3n) is 27.5. The van der Waals surface area contributed by atoms with Crippen molar-refractivity contribution in [3.8, 4) is 16.8 Å². The molecule has 18 aromatic rings. The van der Waals surface area contributed by atoms with Crippen molar-refractivity contribution in [3.63, 3.8) is 0 Å². The maximum atomic E-state index is 2.70. The Bertz CT molecular complexity index is 6810. The standard InChI is InChI=1S/C120H105BN4Si/c1-116(2,3)85-60-65-100-102(73-85)103-74-86(117(4,5)6)61-66-101(103)114(100)81-59-67-106-110(71-81)124(92-50-37-45-89(72-92)120(82-39-21-13-22-40-82,83-41-23-14-24-42-83)84-43-25-15-26-44-84)112-79-95(122(90-46-27-16-28-47-90)91-48-29-17-30-49-91)80-113-115(112)121(106)107-68-64-94(123-108-69-62-87(118(7,8)9)75-104(108)105-76-88(119(10,11)12)63-70-109(105)123)78-111(107)125(113)93-51-38-58-99(77-93)126(96-52-31-18-32-53-96,97-54-33-19-34-55-97)98-56-35-20-36-57-98/h13-80,114H,1-12H3. The van der Waals surface area contributed by atoms with Gasteiger partial charge in [-0.2, -0.15) is 0 Å². The van der Waals surface area contributed by atoms with Crippen molar-refractivity contribution in [1.82, 2.24) is 4.57 Å². The van der Waals surface area contributed by atoms with Crippen LogP contribution < -0.4 is 51.8 Å². The molecule has 4 nitrogen and oxygen atoms in total. The first-order chi connectivity index (χ1) is 61.0. The Morgan fingerprint density at radius 1 is 0.262 bits per heavy atom. The Balaban J connectivity index is 0.911. The minimum atomic E-state index is -3.20. The highest BCUT2D eigenvalue weighted by Crippen LogP contribution is 2.55. The summed E-state index contributed by atoms with van der Waals surface area (Å²) in [5.74, 6) is -0.0826. The van der Waals surface area contributed by atoms with E-state index < -0.39 is 13.5 Å². The summed E-state index contributed by atoms with van der Waals surface area (Å²) in [6.45, 7) is 27.8. The van der Waals surface area contributed by atoms with Crippen molar-refractivity contribution in [2.75, 3.05) is 14.7 Å². The van der Waals surface area contributed by atoms with Crippen molar-refractivity contribution in [2.24, 2.45) is 0 Å². The molecule has 0 fully saturated rings. The fourth-order valence-corrected chi connectivity index (χ4v) is 26.0. The number of hydrogen-bond donors (Lipinski definition) is 0. The lowest BCUT2D eigenvalue weighted by Gasteiger charge is -2.46. The molecule has 0 unspecified atom stereocenters. The van der Waals surface area contributed by atoms with Crippen molar-refractivity contribution >= 4 is 125 Å². The summed E-state index contributed by atoms with van der Waals surface area (Å²) in [6.07, 6.45) is 0. The number of fused-ring (bicyclic) bond motifs is 10. The monoisotopic (exact) mass is 1640 g/mol. The number of rotatable bonds is 15. The molecule has 17 aromatic carbocycles. The van der Waals surface area contributed by atoms with Crippen LogP contribution in [0.15, 0.2) is 413 Å². The van der Waals surface area contributed by atoms with Crippen LogP contribution in [-0.4, -0.2) is 19.4 Å². The number of hydrogen-bond acceptors (Lipinski definition) is 3. The van der Waals surface area contributed by atoms with Crippen LogP contribution in [-0.2, 0) is 27.1 Å². The molecule has 6 heteroatoms. The van der Waals surface area contributed by atoms with Gasteiger partial charge in [0.2, 0.25) is 0 Å².